The molecule has 0 heterocycles. The minimum Gasteiger partial charge on any atom is -0.0839 e. The summed E-state index contributed by atoms with van der Waals surface area (Å²) in [5.74, 6) is 1.41. The highest BCUT2D eigenvalue weighted by molar-refractivity contribution is 5.89. The van der Waals surface area contributed by atoms with Crippen LogP contribution in [0.4, 0.5) is 0 Å². The molecule has 0 spiro atoms. The first-order chi connectivity index (χ1) is 36.7. The Kier molecular flexibility index (Phi) is 14.3. The first kappa shape index (κ1) is 49.9. The Morgan fingerprint density at radius 3 is 1.93 bits per heavy atom. The van der Waals surface area contributed by atoms with Gasteiger partial charge in [0.05, 0.1) is 5.41 Å². The van der Waals surface area contributed by atoms with Gasteiger partial charge >= 0.3 is 0 Å². The second kappa shape index (κ2) is 21.5. The SMILES string of the molecule is CCCc1ccc2c(c1)C(C)(C)C1CC=CC=C21.Cc1cccc(-c2ccc3c(c2)-c2ccccc2C3(C2=CCCC=C2)c2ccccc2)c1.Cc1cccc(-c2cccc(-c3ccccc3C3CCCC3)c2C)c1. The molecule has 0 N–H and O–H groups in total. The summed E-state index contributed by atoms with van der Waals surface area (Å²) in [5.41, 5.74) is 27.9. The summed E-state index contributed by atoms with van der Waals surface area (Å²) in [5, 5.41) is 0. The number of aryl methyl sites for hydroxylation is 3. The second-order valence-corrected chi connectivity index (χ2v) is 22.5. The predicted octanol–water partition coefficient (Wildman–Crippen LogP) is 20.4. The standard InChI is InChI=1S/C32H26.C25H26.C18H22/c1-23-11-10-12-24(21-23)25-19-20-31-29(22-25)28-17-8-9-18-30(28)32(31,26-13-4-2-5-14-26)27-15-6-3-7-16-27;1-18-9-7-12-21(17-18)22-15-8-16-23(19(22)2)25-14-6-5-13-24(25)20-10-3-4-11-20;1-4-7-13-10-11-15-14-8-5-6-9-16(14)18(2,3)17(15)12-13/h2,4-6,8-22H,3,7H2,1H3;5-9,12-17,20H,3-4,10-11H2,1-2H3;5-6,8,10-12,16H,4,7,9H2,1-3H3. The van der Waals surface area contributed by atoms with E-state index in [0.717, 1.165) is 18.8 Å². The molecule has 13 rings (SSSR count). The first-order valence-electron chi connectivity index (χ1n) is 28.2. The van der Waals surface area contributed by atoms with Crippen LogP contribution < -0.4 is 0 Å². The van der Waals surface area contributed by atoms with Crippen molar-refractivity contribution in [3.05, 3.63) is 280 Å². The van der Waals surface area contributed by atoms with Crippen molar-refractivity contribution in [2.75, 3.05) is 0 Å². The lowest BCUT2D eigenvalue weighted by Crippen LogP contribution is -2.29. The van der Waals surface area contributed by atoms with Gasteiger partial charge in [0.25, 0.3) is 0 Å². The maximum Gasteiger partial charge on any atom is 0.0710 e. The molecule has 1 fully saturated rings. The van der Waals surface area contributed by atoms with E-state index in [0.29, 0.717) is 5.92 Å². The Bertz CT molecular complexity index is 3490. The van der Waals surface area contributed by atoms with Gasteiger partial charge in [0.2, 0.25) is 0 Å². The van der Waals surface area contributed by atoms with Crippen molar-refractivity contribution in [2.45, 2.75) is 116 Å². The summed E-state index contributed by atoms with van der Waals surface area (Å²) in [6, 6.07) is 67.7. The van der Waals surface area contributed by atoms with Crippen LogP contribution in [0.2, 0.25) is 0 Å². The Labute approximate surface area is 449 Å². The quantitative estimate of drug-likeness (QED) is 0.142. The number of rotatable bonds is 8. The maximum absolute atomic E-state index is 2.46. The number of fused-ring (bicyclic) bond motifs is 6. The van der Waals surface area contributed by atoms with Crippen LogP contribution in [0.15, 0.2) is 224 Å². The van der Waals surface area contributed by atoms with Crippen LogP contribution in [0.3, 0.4) is 0 Å². The summed E-state index contributed by atoms with van der Waals surface area (Å²) in [6.45, 7) is 13.7. The Morgan fingerprint density at radius 2 is 1.17 bits per heavy atom. The van der Waals surface area contributed by atoms with E-state index in [1.165, 1.54) is 140 Å². The summed E-state index contributed by atoms with van der Waals surface area (Å²) in [6.07, 6.45) is 25.3. The van der Waals surface area contributed by atoms with Crippen molar-refractivity contribution in [2.24, 2.45) is 5.92 Å². The minimum absolute atomic E-state index is 0.269. The zero-order valence-electron chi connectivity index (χ0n) is 45.3. The monoisotopic (exact) mass is 975 g/mol. The first-order valence-corrected chi connectivity index (χ1v) is 28.2. The van der Waals surface area contributed by atoms with Gasteiger partial charge in [-0.2, -0.15) is 0 Å². The van der Waals surface area contributed by atoms with Crippen molar-refractivity contribution >= 4 is 5.57 Å². The maximum atomic E-state index is 2.46. The molecule has 0 nitrogen and oxygen atoms in total. The van der Waals surface area contributed by atoms with E-state index in [4.69, 9.17) is 0 Å². The molecule has 2 atom stereocenters. The lowest BCUT2D eigenvalue weighted by molar-refractivity contribution is 0.414. The molecule has 8 aromatic carbocycles. The van der Waals surface area contributed by atoms with Crippen molar-refractivity contribution in [3.63, 3.8) is 0 Å². The van der Waals surface area contributed by atoms with Gasteiger partial charge in [0.15, 0.2) is 0 Å². The van der Waals surface area contributed by atoms with Gasteiger partial charge in [-0.15, -0.1) is 0 Å². The van der Waals surface area contributed by atoms with E-state index in [2.05, 4.69) is 260 Å². The number of benzene rings is 8. The summed E-state index contributed by atoms with van der Waals surface area (Å²) in [4.78, 5) is 0. The Hall–Kier alpha value is -7.28. The molecule has 374 valence electrons. The average Bonchev–Trinajstić information content (AvgIpc) is 4.16. The third-order valence-electron chi connectivity index (χ3n) is 17.4. The highest BCUT2D eigenvalue weighted by atomic mass is 14.5. The summed E-state index contributed by atoms with van der Waals surface area (Å²) >= 11 is 0. The van der Waals surface area contributed by atoms with E-state index >= 15 is 0 Å². The topological polar surface area (TPSA) is 0 Å². The van der Waals surface area contributed by atoms with Crippen molar-refractivity contribution in [3.8, 4) is 44.5 Å². The highest BCUT2D eigenvalue weighted by Gasteiger charge is 2.47. The van der Waals surface area contributed by atoms with E-state index in [1.807, 2.05) is 0 Å². The van der Waals surface area contributed by atoms with E-state index in [-0.39, 0.29) is 10.8 Å². The average molecular weight is 975 g/mol. The van der Waals surface area contributed by atoms with E-state index in [9.17, 15) is 0 Å². The van der Waals surface area contributed by atoms with Gasteiger partial charge < -0.3 is 0 Å². The van der Waals surface area contributed by atoms with Crippen molar-refractivity contribution in [1.29, 1.82) is 0 Å². The van der Waals surface area contributed by atoms with Crippen molar-refractivity contribution < 1.29 is 0 Å². The van der Waals surface area contributed by atoms with Crippen LogP contribution in [0.25, 0.3) is 50.1 Å². The second-order valence-electron chi connectivity index (χ2n) is 22.5. The fourth-order valence-electron chi connectivity index (χ4n) is 13.6. The van der Waals surface area contributed by atoms with E-state index in [1.54, 1.807) is 16.7 Å². The molecule has 5 aliphatic carbocycles. The van der Waals surface area contributed by atoms with Crippen LogP contribution in [0, 0.1) is 26.7 Å². The summed E-state index contributed by atoms with van der Waals surface area (Å²) in [7, 11) is 0. The van der Waals surface area contributed by atoms with Gasteiger partial charge in [0.1, 0.15) is 0 Å². The third kappa shape index (κ3) is 9.48. The van der Waals surface area contributed by atoms with Gasteiger partial charge in [0, 0.05) is 0 Å². The molecule has 5 aliphatic rings. The molecule has 0 aromatic heterocycles. The van der Waals surface area contributed by atoms with Crippen LogP contribution in [-0.2, 0) is 17.3 Å². The van der Waals surface area contributed by atoms with Gasteiger partial charge in [-0.3, -0.25) is 0 Å². The van der Waals surface area contributed by atoms with Crippen LogP contribution in [0.1, 0.15) is 134 Å². The molecule has 0 bridgehead atoms. The van der Waals surface area contributed by atoms with Gasteiger partial charge in [-0.1, -0.05) is 264 Å². The molecule has 2 unspecified atom stereocenters. The Morgan fingerprint density at radius 1 is 0.507 bits per heavy atom. The fraction of sp³-hybridized carbons (Fsp3) is 0.253. The lowest BCUT2D eigenvalue weighted by atomic mass is 9.66. The molecule has 0 radical (unpaired) electrons. The van der Waals surface area contributed by atoms with Gasteiger partial charge in [-0.25, -0.2) is 0 Å². The molecule has 0 aliphatic heterocycles. The molecule has 1 saturated carbocycles. The molecular weight excluding hydrogens is 901 g/mol. The number of hydrogen-bond acceptors (Lipinski definition) is 0. The zero-order valence-corrected chi connectivity index (χ0v) is 45.3. The van der Waals surface area contributed by atoms with E-state index < -0.39 is 0 Å². The fourth-order valence-corrected chi connectivity index (χ4v) is 13.6. The normalized spacial score (nSPS) is 18.6. The van der Waals surface area contributed by atoms with Crippen LogP contribution in [0.5, 0.6) is 0 Å². The number of hydrogen-bond donors (Lipinski definition) is 0. The smallest absolute Gasteiger partial charge is 0.0710 e. The molecule has 0 heteroatoms. The van der Waals surface area contributed by atoms with Crippen LogP contribution >= 0.6 is 0 Å². The largest absolute Gasteiger partial charge is 0.0839 e. The summed E-state index contributed by atoms with van der Waals surface area (Å²) < 4.78 is 0. The zero-order chi connectivity index (χ0) is 51.5. The predicted molar refractivity (Wildman–Crippen MR) is 322 cm³/mol. The molecule has 8 aromatic rings. The molecule has 75 heavy (non-hydrogen) atoms. The number of allylic oxidation sites excluding steroid dienone is 8. The third-order valence-corrected chi connectivity index (χ3v) is 17.4. The molecular formula is C75H74. The minimum atomic E-state index is -0.269. The molecule has 0 saturated heterocycles. The lowest BCUT2D eigenvalue weighted by Gasteiger charge is -2.35. The molecule has 0 amide bonds. The highest BCUT2D eigenvalue weighted by Crippen LogP contribution is 2.58. The van der Waals surface area contributed by atoms with Crippen LogP contribution in [-0.4, -0.2) is 0 Å². The van der Waals surface area contributed by atoms with Crippen molar-refractivity contribution in [1.82, 2.24) is 0 Å². The van der Waals surface area contributed by atoms with Gasteiger partial charge in [-0.05, 0) is 183 Å². The Balaban J connectivity index is 0.000000125.